The molecule has 2 aliphatic heterocycles. The third-order valence-electron chi connectivity index (χ3n) is 7.36. The van der Waals surface area contributed by atoms with E-state index in [0.29, 0.717) is 11.9 Å². The highest BCUT2D eigenvalue weighted by Crippen LogP contribution is 2.51. The van der Waals surface area contributed by atoms with Crippen molar-refractivity contribution in [2.24, 2.45) is 17.3 Å². The van der Waals surface area contributed by atoms with Crippen molar-refractivity contribution in [3.63, 3.8) is 0 Å². The van der Waals surface area contributed by atoms with Crippen LogP contribution in [0.5, 0.6) is 0 Å². The van der Waals surface area contributed by atoms with Crippen molar-refractivity contribution in [3.05, 3.63) is 18.2 Å². The Hall–Kier alpha value is -2.10. The van der Waals surface area contributed by atoms with Crippen molar-refractivity contribution in [2.75, 3.05) is 32.7 Å². The van der Waals surface area contributed by atoms with Gasteiger partial charge < -0.3 is 19.5 Å². The highest BCUT2D eigenvalue weighted by Gasteiger charge is 2.58. The van der Waals surface area contributed by atoms with Crippen LogP contribution in [0.1, 0.15) is 63.6 Å². The van der Waals surface area contributed by atoms with Crippen molar-refractivity contribution < 1.29 is 27.9 Å². The van der Waals surface area contributed by atoms with Crippen LogP contribution in [-0.4, -0.2) is 75.2 Å². The van der Waals surface area contributed by atoms with E-state index in [-0.39, 0.29) is 11.3 Å². The summed E-state index contributed by atoms with van der Waals surface area (Å²) in [6, 6.07) is 0.418. The molecule has 1 aromatic heterocycles. The zero-order valence-corrected chi connectivity index (χ0v) is 19.2. The lowest BCUT2D eigenvalue weighted by atomic mass is 9.75. The van der Waals surface area contributed by atoms with Crippen LogP contribution in [-0.2, 0) is 9.59 Å². The summed E-state index contributed by atoms with van der Waals surface area (Å²) in [5.41, 5.74) is 0.915. The summed E-state index contributed by atoms with van der Waals surface area (Å²) in [6.07, 6.45) is 5.46. The number of nitrogens with zero attached hydrogens (tertiary/aromatic N) is 4. The number of carboxylic acid groups (broad SMARTS) is 1. The predicted molar refractivity (Wildman–Crippen MR) is 115 cm³/mol. The number of alkyl halides is 3. The van der Waals surface area contributed by atoms with Gasteiger partial charge in [0, 0.05) is 50.9 Å². The van der Waals surface area contributed by atoms with Gasteiger partial charge in [-0.15, -0.1) is 0 Å². The molecule has 3 heterocycles. The zero-order valence-electron chi connectivity index (χ0n) is 19.2. The molecule has 1 amide bonds. The maximum Gasteiger partial charge on any atom is 0.490 e. The van der Waals surface area contributed by atoms with E-state index < -0.39 is 12.1 Å². The number of halogens is 3. The molecule has 0 aromatic carbocycles. The molecular weight excluding hydrogens is 437 g/mol. The summed E-state index contributed by atoms with van der Waals surface area (Å²) < 4.78 is 33.9. The third-order valence-corrected chi connectivity index (χ3v) is 7.36. The zero-order chi connectivity index (χ0) is 24.0. The van der Waals surface area contributed by atoms with Gasteiger partial charge in [-0.1, -0.05) is 0 Å². The van der Waals surface area contributed by atoms with E-state index in [9.17, 15) is 18.0 Å². The summed E-state index contributed by atoms with van der Waals surface area (Å²) in [4.78, 5) is 32.0. The minimum atomic E-state index is -5.08. The lowest BCUT2D eigenvalue weighted by Crippen LogP contribution is -2.40. The number of hydrogen-bond donors (Lipinski definition) is 1. The van der Waals surface area contributed by atoms with Gasteiger partial charge in [0.25, 0.3) is 0 Å². The maximum atomic E-state index is 13.5. The number of rotatable bonds is 6. The molecule has 4 fully saturated rings. The number of likely N-dealkylation sites (tertiary alicyclic amines) is 2. The number of carbonyl (C=O) groups is 2. The molecule has 2 unspecified atom stereocenters. The van der Waals surface area contributed by atoms with Crippen molar-refractivity contribution >= 4 is 11.9 Å². The van der Waals surface area contributed by atoms with E-state index in [1.165, 1.54) is 32.2 Å². The first-order valence-corrected chi connectivity index (χ1v) is 11.8. The molecule has 0 bridgehead atoms. The average Bonchev–Trinajstić information content (AvgIpc) is 3.61. The minimum Gasteiger partial charge on any atom is -0.475 e. The van der Waals surface area contributed by atoms with E-state index in [1.807, 2.05) is 6.33 Å². The Labute approximate surface area is 191 Å². The quantitative estimate of drug-likeness (QED) is 0.688. The number of aromatic nitrogens is 2. The molecule has 2 saturated heterocycles. The monoisotopic (exact) mass is 470 g/mol. The average molecular weight is 471 g/mol. The molecule has 7 nitrogen and oxygen atoms in total. The second-order valence-electron chi connectivity index (χ2n) is 10.4. The maximum absolute atomic E-state index is 13.5. The Kier molecular flexibility index (Phi) is 6.50. The molecule has 10 heteroatoms. The summed E-state index contributed by atoms with van der Waals surface area (Å²) in [7, 11) is 0. The van der Waals surface area contributed by atoms with Crippen molar-refractivity contribution in [3.8, 4) is 0 Å². The standard InChI is InChI=1S/C21H32N4O.C2HF3O2/c1-15(2)25-12-19(22-14-25)18-11-23(9-16-3-4-16)13-21(18)7-8-24(20(21)26)10-17-5-6-17;3-2(4,5)1(6)7/h12,14-18H,3-11,13H2,1-2H3;(H,6,7). The Bertz CT molecular complexity index is 879. The number of carboxylic acids is 1. The van der Waals surface area contributed by atoms with Crippen LogP contribution in [0.3, 0.4) is 0 Å². The van der Waals surface area contributed by atoms with Crippen molar-refractivity contribution in [2.45, 2.75) is 64.1 Å². The first kappa shape index (κ1) is 24.0. The number of carbonyl (C=O) groups excluding carboxylic acids is 1. The largest absolute Gasteiger partial charge is 0.490 e. The van der Waals surface area contributed by atoms with Gasteiger partial charge in [0.2, 0.25) is 5.91 Å². The molecule has 2 saturated carbocycles. The normalized spacial score (nSPS) is 28.0. The fraction of sp³-hybridized carbons (Fsp3) is 0.783. The van der Waals surface area contributed by atoms with Crippen LogP contribution in [0.15, 0.2) is 12.5 Å². The molecular formula is C23H33F3N4O3. The van der Waals surface area contributed by atoms with Gasteiger partial charge in [0.05, 0.1) is 17.4 Å². The van der Waals surface area contributed by atoms with Crippen LogP contribution in [0.4, 0.5) is 13.2 Å². The Morgan fingerprint density at radius 2 is 1.82 bits per heavy atom. The second-order valence-corrected chi connectivity index (χ2v) is 10.4. The fourth-order valence-corrected chi connectivity index (χ4v) is 5.12. The van der Waals surface area contributed by atoms with E-state index in [4.69, 9.17) is 14.9 Å². The molecule has 1 spiro atoms. The fourth-order valence-electron chi connectivity index (χ4n) is 5.12. The molecule has 1 aromatic rings. The molecule has 4 aliphatic rings. The van der Waals surface area contributed by atoms with Crippen molar-refractivity contribution in [1.29, 1.82) is 0 Å². The third kappa shape index (κ3) is 5.36. The van der Waals surface area contributed by atoms with Gasteiger partial charge in [-0.3, -0.25) is 4.79 Å². The van der Waals surface area contributed by atoms with Crippen LogP contribution in [0, 0.1) is 17.3 Å². The van der Waals surface area contributed by atoms with Crippen molar-refractivity contribution in [1.82, 2.24) is 19.4 Å². The highest BCUT2D eigenvalue weighted by atomic mass is 19.4. The Balaban J connectivity index is 0.000000325. The summed E-state index contributed by atoms with van der Waals surface area (Å²) >= 11 is 0. The number of amides is 1. The second kappa shape index (κ2) is 8.92. The number of imidazole rings is 1. The highest BCUT2D eigenvalue weighted by molar-refractivity contribution is 5.87. The molecule has 33 heavy (non-hydrogen) atoms. The van der Waals surface area contributed by atoms with Crippen LogP contribution >= 0.6 is 0 Å². The Morgan fingerprint density at radius 1 is 1.21 bits per heavy atom. The lowest BCUT2D eigenvalue weighted by Gasteiger charge is -2.28. The summed E-state index contributed by atoms with van der Waals surface area (Å²) in [5.74, 6) is -0.424. The van der Waals surface area contributed by atoms with Crippen LogP contribution in [0.25, 0.3) is 0 Å². The predicted octanol–water partition coefficient (Wildman–Crippen LogP) is 3.54. The Morgan fingerprint density at radius 3 is 2.33 bits per heavy atom. The number of aliphatic carboxylic acids is 1. The van der Waals surface area contributed by atoms with Gasteiger partial charge in [-0.2, -0.15) is 13.2 Å². The molecule has 0 radical (unpaired) electrons. The van der Waals surface area contributed by atoms with E-state index in [0.717, 1.165) is 50.1 Å². The van der Waals surface area contributed by atoms with E-state index >= 15 is 0 Å². The SMILES string of the molecule is CC(C)n1cnc(C2CN(CC3CC3)CC23CCN(CC2CC2)C3=O)c1.O=C(O)C(F)(F)F. The first-order valence-electron chi connectivity index (χ1n) is 11.8. The summed E-state index contributed by atoms with van der Waals surface area (Å²) in [5, 5.41) is 7.12. The first-order chi connectivity index (χ1) is 15.5. The minimum absolute atomic E-state index is 0.222. The van der Waals surface area contributed by atoms with E-state index in [1.54, 1.807) is 0 Å². The van der Waals surface area contributed by atoms with Gasteiger partial charge >= 0.3 is 12.1 Å². The van der Waals surface area contributed by atoms with Gasteiger partial charge in [0.15, 0.2) is 0 Å². The summed E-state index contributed by atoms with van der Waals surface area (Å²) in [6.45, 7) is 9.46. The smallest absolute Gasteiger partial charge is 0.475 e. The van der Waals surface area contributed by atoms with Crippen LogP contribution in [0.2, 0.25) is 0 Å². The van der Waals surface area contributed by atoms with E-state index in [2.05, 4.69) is 34.4 Å². The topological polar surface area (TPSA) is 78.7 Å². The van der Waals surface area contributed by atoms with Gasteiger partial charge in [-0.25, -0.2) is 9.78 Å². The van der Waals surface area contributed by atoms with Gasteiger partial charge in [-0.05, 0) is 57.8 Å². The molecule has 2 aliphatic carbocycles. The molecule has 2 atom stereocenters. The molecule has 184 valence electrons. The number of hydrogen-bond acceptors (Lipinski definition) is 4. The van der Waals surface area contributed by atoms with Gasteiger partial charge in [0.1, 0.15) is 0 Å². The molecule has 1 N–H and O–H groups in total. The molecule has 5 rings (SSSR count). The van der Waals surface area contributed by atoms with Crippen LogP contribution < -0.4 is 0 Å². The lowest BCUT2D eigenvalue weighted by molar-refractivity contribution is -0.192.